The highest BCUT2D eigenvalue weighted by molar-refractivity contribution is 6.26. The second-order valence-corrected chi connectivity index (χ2v) is 29.4. The first-order valence-corrected chi connectivity index (χ1v) is 38.6. The van der Waals surface area contributed by atoms with Crippen LogP contribution in [0.25, 0.3) is 143 Å². The molecule has 0 spiro atoms. The van der Waals surface area contributed by atoms with Crippen LogP contribution in [-0.2, 0) is 5.41 Å². The number of fused-ring (bicyclic) bond motifs is 12. The minimum atomic E-state index is -0.569. The molecule has 0 fully saturated rings. The summed E-state index contributed by atoms with van der Waals surface area (Å²) >= 11 is 0. The first-order chi connectivity index (χ1) is 55.5. The molecule has 3 heteroatoms. The number of hydrogen-bond donors (Lipinski definition) is 0. The quantitative estimate of drug-likeness (QED) is 0.0954. The van der Waals surface area contributed by atoms with Crippen molar-refractivity contribution in [2.24, 2.45) is 0 Å². The molecular formula is C109H72N2O. The van der Waals surface area contributed by atoms with E-state index in [0.717, 1.165) is 89.4 Å². The van der Waals surface area contributed by atoms with Crippen LogP contribution in [0.3, 0.4) is 0 Å². The molecule has 0 radical (unpaired) electrons. The third-order valence-corrected chi connectivity index (χ3v) is 23.2. The van der Waals surface area contributed by atoms with E-state index in [2.05, 4.69) is 447 Å². The third-order valence-electron chi connectivity index (χ3n) is 23.2. The van der Waals surface area contributed by atoms with Crippen LogP contribution >= 0.6 is 0 Å². The maximum Gasteiger partial charge on any atom is 0.143 e. The van der Waals surface area contributed by atoms with Gasteiger partial charge in [0.1, 0.15) is 11.2 Å². The summed E-state index contributed by atoms with van der Waals surface area (Å²) in [6, 6.07) is 160. The van der Waals surface area contributed by atoms with Gasteiger partial charge in [0.15, 0.2) is 0 Å². The van der Waals surface area contributed by atoms with E-state index in [9.17, 15) is 0 Å². The summed E-state index contributed by atoms with van der Waals surface area (Å²) in [5.74, 6) is 0. The first-order valence-electron chi connectivity index (χ1n) is 38.6. The normalized spacial score (nSPS) is 12.2. The van der Waals surface area contributed by atoms with Crippen LogP contribution in [0.15, 0.2) is 441 Å². The highest BCUT2D eigenvalue weighted by atomic mass is 16.3. The summed E-state index contributed by atoms with van der Waals surface area (Å²) in [5, 5.41) is 9.35. The predicted octanol–water partition coefficient (Wildman–Crippen LogP) is 30.0. The van der Waals surface area contributed by atoms with Gasteiger partial charge in [0.2, 0.25) is 0 Å². The summed E-state index contributed by atoms with van der Waals surface area (Å²) in [6.45, 7) is 0. The Kier molecular flexibility index (Phi) is 16.1. The molecule has 19 aromatic carbocycles. The van der Waals surface area contributed by atoms with Gasteiger partial charge in [0, 0.05) is 50.5 Å². The number of nitrogens with zero attached hydrogens (tertiary/aromatic N) is 2. The Morgan fingerprint density at radius 1 is 0.170 bits per heavy atom. The fraction of sp³-hybridized carbons (Fsp3) is 0.00917. The second kappa shape index (κ2) is 27.5. The molecule has 0 saturated heterocycles. The van der Waals surface area contributed by atoms with E-state index in [1.165, 1.54) is 110 Å². The Balaban J connectivity index is 0.648. The molecule has 0 aliphatic heterocycles. The summed E-state index contributed by atoms with van der Waals surface area (Å²) < 4.78 is 7.18. The predicted molar refractivity (Wildman–Crippen MR) is 471 cm³/mol. The van der Waals surface area contributed by atoms with Gasteiger partial charge in [-0.3, -0.25) is 0 Å². The van der Waals surface area contributed by atoms with Crippen LogP contribution in [0, 0.1) is 0 Å². The molecule has 3 nitrogen and oxygen atoms in total. The van der Waals surface area contributed by atoms with E-state index in [1.54, 1.807) is 0 Å². The number of furan rings is 1. The molecule has 112 heavy (non-hydrogen) atoms. The monoisotopic (exact) mass is 1420 g/mol. The standard InChI is InChI=1S/C109H72N2O/c1-6-22-73(23-7-1)76-40-44-78(45-41-76)81-50-56-88(57-51-81)110(89-58-52-82(53-59-89)79-46-42-77(43-47-79)74-24-8-2-9-25-74)91-33-20-28-85(68-91)94-37-21-38-102-101-65-55-84(70-107(101)112-108(94)102)83-54-64-97-95-34-16-17-35-96(95)104-71-92(62-66-98(104)103(97)69-83)111(90-60-48-80(49-61-90)75-26-10-3-11-27-75)93-63-67-100-99-36-18-19-39-105(99)109(106(100)72-93,86-29-12-4-13-30-86)87-31-14-5-15-32-87/h1-72H. The van der Waals surface area contributed by atoms with Crippen molar-refractivity contribution in [2.45, 2.75) is 5.41 Å². The van der Waals surface area contributed by atoms with E-state index in [0.29, 0.717) is 0 Å². The van der Waals surface area contributed by atoms with Crippen molar-refractivity contribution in [3.05, 3.63) is 459 Å². The van der Waals surface area contributed by atoms with Gasteiger partial charge in [-0.1, -0.05) is 346 Å². The average Bonchev–Trinajstić information content (AvgIpc) is 1.53. The zero-order chi connectivity index (χ0) is 74.1. The lowest BCUT2D eigenvalue weighted by atomic mass is 9.67. The lowest BCUT2D eigenvalue weighted by Crippen LogP contribution is -2.28. The van der Waals surface area contributed by atoms with Gasteiger partial charge in [0.25, 0.3) is 0 Å². The zero-order valence-electron chi connectivity index (χ0n) is 61.4. The third kappa shape index (κ3) is 11.4. The van der Waals surface area contributed by atoms with E-state index in [-0.39, 0.29) is 0 Å². The summed E-state index contributed by atoms with van der Waals surface area (Å²) in [4.78, 5) is 4.83. The van der Waals surface area contributed by atoms with Gasteiger partial charge >= 0.3 is 0 Å². The lowest BCUT2D eigenvalue weighted by Gasteiger charge is -2.35. The van der Waals surface area contributed by atoms with E-state index < -0.39 is 5.41 Å². The van der Waals surface area contributed by atoms with E-state index in [4.69, 9.17) is 4.42 Å². The van der Waals surface area contributed by atoms with Crippen LogP contribution < -0.4 is 9.80 Å². The maximum absolute atomic E-state index is 7.18. The molecule has 0 atom stereocenters. The number of anilines is 6. The van der Waals surface area contributed by atoms with Crippen molar-refractivity contribution in [2.75, 3.05) is 9.80 Å². The van der Waals surface area contributed by atoms with Crippen molar-refractivity contribution >= 4 is 88.4 Å². The number of hydrogen-bond acceptors (Lipinski definition) is 3. The lowest BCUT2D eigenvalue weighted by molar-refractivity contribution is 0.670. The molecular weight excluding hydrogens is 1350 g/mol. The Morgan fingerprint density at radius 3 is 1.04 bits per heavy atom. The smallest absolute Gasteiger partial charge is 0.143 e. The SMILES string of the molecule is c1ccc(-c2ccc(-c3ccc(N(c4ccc(-c5ccc(-c6ccccc6)cc5)cc4)c4cccc(-c5cccc6c5oc5cc(-c7ccc8c9ccccc9c9cc(N(c%10ccc(-c%11ccccc%11)cc%10)c%10ccc%11c(c%10)C(c%10ccccc%10)(c%10ccccc%10)c%10ccccc%10-%11)ccc9c8c7)ccc56)c4)cc3)cc2)cc1. The van der Waals surface area contributed by atoms with Crippen LogP contribution in [0.2, 0.25) is 0 Å². The molecule has 0 saturated carbocycles. The molecule has 524 valence electrons. The number of para-hydroxylation sites is 1. The zero-order valence-corrected chi connectivity index (χ0v) is 61.4. The highest BCUT2D eigenvalue weighted by Gasteiger charge is 2.46. The average molecular weight is 1430 g/mol. The minimum absolute atomic E-state index is 0.569. The topological polar surface area (TPSA) is 19.6 Å². The van der Waals surface area contributed by atoms with Gasteiger partial charge in [-0.2, -0.15) is 0 Å². The van der Waals surface area contributed by atoms with Crippen LogP contribution in [0.4, 0.5) is 34.1 Å². The Labute approximate surface area is 651 Å². The molecule has 0 amide bonds. The Morgan fingerprint density at radius 2 is 0.500 bits per heavy atom. The summed E-state index contributed by atoms with van der Waals surface area (Å²) in [7, 11) is 0. The summed E-state index contributed by atoms with van der Waals surface area (Å²) in [5.41, 5.74) is 31.1. The molecule has 1 aromatic heterocycles. The van der Waals surface area contributed by atoms with Gasteiger partial charge in [-0.05, 0) is 229 Å². The molecule has 21 rings (SSSR count). The van der Waals surface area contributed by atoms with Crippen LogP contribution in [0.5, 0.6) is 0 Å². The van der Waals surface area contributed by atoms with E-state index in [1.807, 2.05) is 0 Å². The molecule has 0 N–H and O–H groups in total. The van der Waals surface area contributed by atoms with Crippen molar-refractivity contribution in [3.8, 4) is 89.0 Å². The fourth-order valence-corrected chi connectivity index (χ4v) is 17.8. The number of rotatable bonds is 15. The Bertz CT molecular complexity index is 6750. The molecule has 0 bridgehead atoms. The van der Waals surface area contributed by atoms with Crippen LogP contribution in [0.1, 0.15) is 22.3 Å². The minimum Gasteiger partial charge on any atom is -0.455 e. The van der Waals surface area contributed by atoms with Gasteiger partial charge in [-0.15, -0.1) is 0 Å². The van der Waals surface area contributed by atoms with E-state index >= 15 is 0 Å². The van der Waals surface area contributed by atoms with Gasteiger partial charge in [0.05, 0.1) is 5.41 Å². The van der Waals surface area contributed by atoms with Crippen molar-refractivity contribution in [3.63, 3.8) is 0 Å². The second-order valence-electron chi connectivity index (χ2n) is 29.4. The van der Waals surface area contributed by atoms with Crippen molar-refractivity contribution in [1.29, 1.82) is 0 Å². The first kappa shape index (κ1) is 65.6. The van der Waals surface area contributed by atoms with Gasteiger partial charge in [-0.25, -0.2) is 0 Å². The molecule has 1 heterocycles. The molecule has 0 unspecified atom stereocenters. The summed E-state index contributed by atoms with van der Waals surface area (Å²) in [6.07, 6.45) is 0. The van der Waals surface area contributed by atoms with Gasteiger partial charge < -0.3 is 14.2 Å². The van der Waals surface area contributed by atoms with Crippen molar-refractivity contribution < 1.29 is 4.42 Å². The molecule has 1 aliphatic rings. The van der Waals surface area contributed by atoms with Crippen LogP contribution in [-0.4, -0.2) is 0 Å². The fourth-order valence-electron chi connectivity index (χ4n) is 17.8. The molecule has 1 aliphatic carbocycles. The largest absolute Gasteiger partial charge is 0.455 e. The number of benzene rings is 19. The molecule has 20 aromatic rings. The maximum atomic E-state index is 7.18. The van der Waals surface area contributed by atoms with Crippen molar-refractivity contribution in [1.82, 2.24) is 0 Å². The Hall–Kier alpha value is -14.6. The highest BCUT2D eigenvalue weighted by Crippen LogP contribution is 2.58.